The Kier molecular flexibility index (Phi) is 8.27. The maximum atomic E-state index is 14.0. The molecule has 0 aliphatic carbocycles. The molecule has 11 heteroatoms. The second kappa shape index (κ2) is 11.3. The van der Waals surface area contributed by atoms with Gasteiger partial charge in [-0.1, -0.05) is 42.5 Å². The molecule has 37 heavy (non-hydrogen) atoms. The Bertz CT molecular complexity index is 1310. The first-order valence-electron chi connectivity index (χ1n) is 11.6. The summed E-state index contributed by atoms with van der Waals surface area (Å²) in [5, 5.41) is 0. The lowest BCUT2D eigenvalue weighted by Gasteiger charge is -2.34. The lowest BCUT2D eigenvalue weighted by molar-refractivity contribution is -0.137. The Morgan fingerprint density at radius 2 is 1.51 bits per heavy atom. The highest BCUT2D eigenvalue weighted by Crippen LogP contribution is 2.33. The van der Waals surface area contributed by atoms with Gasteiger partial charge in [0.05, 0.1) is 12.2 Å². The maximum Gasteiger partial charge on any atom is 0.416 e. The maximum absolute atomic E-state index is 14.0. The molecule has 0 radical (unpaired) electrons. The average Bonchev–Trinajstić information content (AvgIpc) is 2.88. The van der Waals surface area contributed by atoms with E-state index in [2.05, 4.69) is 0 Å². The number of sulfonamides is 1. The van der Waals surface area contributed by atoms with Gasteiger partial charge in [-0.3, -0.25) is 4.90 Å². The second-order valence-electron chi connectivity index (χ2n) is 8.61. The van der Waals surface area contributed by atoms with Crippen LogP contribution in [-0.4, -0.2) is 57.0 Å². The van der Waals surface area contributed by atoms with E-state index in [9.17, 15) is 30.4 Å². The van der Waals surface area contributed by atoms with Crippen molar-refractivity contribution in [3.8, 4) is 0 Å². The van der Waals surface area contributed by atoms with Crippen LogP contribution in [0.2, 0.25) is 0 Å². The van der Waals surface area contributed by atoms with E-state index in [0.717, 1.165) is 28.6 Å². The molecule has 0 bridgehead atoms. The number of hydrogen-bond donors (Lipinski definition) is 0. The lowest BCUT2D eigenvalue weighted by Crippen LogP contribution is -2.49. The summed E-state index contributed by atoms with van der Waals surface area (Å²) >= 11 is 0. The van der Waals surface area contributed by atoms with Crippen molar-refractivity contribution in [2.75, 3.05) is 39.3 Å². The minimum Gasteiger partial charge on any atom is -0.367 e. The second-order valence-corrected chi connectivity index (χ2v) is 10.5. The summed E-state index contributed by atoms with van der Waals surface area (Å²) in [5.74, 6) is -1.86. The fourth-order valence-electron chi connectivity index (χ4n) is 4.20. The van der Waals surface area contributed by atoms with Crippen LogP contribution in [0, 0.1) is 11.6 Å². The first-order valence-corrected chi connectivity index (χ1v) is 13.0. The fraction of sp³-hybridized carbons (Fsp3) is 0.308. The Morgan fingerprint density at radius 1 is 0.838 bits per heavy atom. The van der Waals surface area contributed by atoms with E-state index in [4.69, 9.17) is 4.74 Å². The van der Waals surface area contributed by atoms with Crippen LogP contribution in [0.5, 0.6) is 0 Å². The van der Waals surface area contributed by atoms with Crippen molar-refractivity contribution in [2.24, 2.45) is 0 Å². The summed E-state index contributed by atoms with van der Waals surface area (Å²) in [5.41, 5.74) is 0.311. The van der Waals surface area contributed by atoms with E-state index in [1.165, 1.54) is 6.07 Å². The molecule has 4 rings (SSSR count). The van der Waals surface area contributed by atoms with Gasteiger partial charge >= 0.3 is 6.18 Å². The summed E-state index contributed by atoms with van der Waals surface area (Å²) < 4.78 is 100. The first kappa shape index (κ1) is 27.2. The summed E-state index contributed by atoms with van der Waals surface area (Å²) in [7, 11) is -4.19. The summed E-state index contributed by atoms with van der Waals surface area (Å²) in [4.78, 5) is 1.25. The van der Waals surface area contributed by atoms with Crippen molar-refractivity contribution >= 4 is 10.0 Å². The quantitative estimate of drug-likeness (QED) is 0.374. The van der Waals surface area contributed by atoms with Gasteiger partial charge in [0.25, 0.3) is 0 Å². The topological polar surface area (TPSA) is 49.9 Å². The van der Waals surface area contributed by atoms with Crippen molar-refractivity contribution in [3.05, 3.63) is 101 Å². The molecule has 0 spiro atoms. The highest BCUT2D eigenvalue weighted by molar-refractivity contribution is 7.89. The minimum atomic E-state index is -4.48. The van der Waals surface area contributed by atoms with E-state index in [1.807, 2.05) is 4.90 Å². The predicted octanol–water partition coefficient (Wildman–Crippen LogP) is 5.10. The van der Waals surface area contributed by atoms with Crippen LogP contribution in [0.15, 0.2) is 77.7 Å². The molecule has 1 aliphatic rings. The monoisotopic (exact) mass is 540 g/mol. The van der Waals surface area contributed by atoms with Gasteiger partial charge in [-0.15, -0.1) is 0 Å². The molecule has 0 amide bonds. The molecule has 3 aromatic rings. The Balaban J connectivity index is 1.39. The highest BCUT2D eigenvalue weighted by atomic mass is 32.2. The van der Waals surface area contributed by atoms with Crippen molar-refractivity contribution < 1.29 is 35.1 Å². The number of ether oxygens (including phenoxy) is 1. The summed E-state index contributed by atoms with van der Waals surface area (Å²) in [6.45, 7) is 1.41. The zero-order valence-electron chi connectivity index (χ0n) is 19.7. The molecule has 1 aliphatic heterocycles. The van der Waals surface area contributed by atoms with Crippen LogP contribution in [-0.2, 0) is 20.9 Å². The molecule has 5 nitrogen and oxygen atoms in total. The van der Waals surface area contributed by atoms with Gasteiger partial charge < -0.3 is 4.74 Å². The molecule has 1 saturated heterocycles. The number of alkyl halides is 3. The van der Waals surface area contributed by atoms with E-state index >= 15 is 0 Å². The highest BCUT2D eigenvalue weighted by Gasteiger charge is 2.32. The number of nitrogens with zero attached hydrogens (tertiary/aromatic N) is 2. The van der Waals surface area contributed by atoms with Crippen LogP contribution in [0.25, 0.3) is 0 Å². The largest absolute Gasteiger partial charge is 0.416 e. The molecule has 1 heterocycles. The molecule has 0 aromatic heterocycles. The molecular weight excluding hydrogens is 515 g/mol. The van der Waals surface area contributed by atoms with E-state index in [0.29, 0.717) is 36.8 Å². The van der Waals surface area contributed by atoms with Crippen LogP contribution in [0.1, 0.15) is 22.8 Å². The Labute approximate surface area is 212 Å². The van der Waals surface area contributed by atoms with E-state index in [1.54, 1.807) is 36.4 Å². The third-order valence-electron chi connectivity index (χ3n) is 6.15. The molecular formula is C26H25F5N2O3S. The number of piperazine rings is 1. The zero-order valence-corrected chi connectivity index (χ0v) is 20.5. The van der Waals surface area contributed by atoms with Crippen molar-refractivity contribution in [2.45, 2.75) is 17.2 Å². The molecule has 0 unspecified atom stereocenters. The normalized spacial score (nSPS) is 16.6. The number of halogens is 5. The van der Waals surface area contributed by atoms with Gasteiger partial charge in [-0.2, -0.15) is 17.5 Å². The van der Waals surface area contributed by atoms with Crippen molar-refractivity contribution in [3.63, 3.8) is 0 Å². The number of hydrogen-bond acceptors (Lipinski definition) is 4. The van der Waals surface area contributed by atoms with Gasteiger partial charge in [0.15, 0.2) is 0 Å². The zero-order chi connectivity index (χ0) is 26.6. The Morgan fingerprint density at radius 3 is 2.19 bits per heavy atom. The first-order chi connectivity index (χ1) is 17.6. The van der Waals surface area contributed by atoms with Crippen LogP contribution in [0.3, 0.4) is 0 Å². The summed E-state index contributed by atoms with van der Waals surface area (Å²) in [6.07, 6.45) is -5.20. The van der Waals surface area contributed by atoms with Crippen LogP contribution >= 0.6 is 0 Å². The molecule has 3 aromatic carbocycles. The van der Waals surface area contributed by atoms with Crippen LogP contribution in [0.4, 0.5) is 22.0 Å². The van der Waals surface area contributed by atoms with Gasteiger partial charge in [-0.05, 0) is 41.5 Å². The number of benzene rings is 3. The molecule has 198 valence electrons. The SMILES string of the molecule is O=S(=O)(c1cc(F)ccc1F)N1CCN(CCO[C@@H](c2ccccc2)c2cccc(C(F)(F)F)c2)CC1. The lowest BCUT2D eigenvalue weighted by atomic mass is 9.99. The van der Waals surface area contributed by atoms with Gasteiger partial charge in [-0.25, -0.2) is 17.2 Å². The molecule has 0 N–H and O–H groups in total. The molecule has 1 atom stereocenters. The molecule has 0 saturated carbocycles. The van der Waals surface area contributed by atoms with Gasteiger partial charge in [0.1, 0.15) is 22.6 Å². The van der Waals surface area contributed by atoms with Gasteiger partial charge in [0, 0.05) is 32.7 Å². The molecule has 1 fully saturated rings. The third-order valence-corrected chi connectivity index (χ3v) is 8.07. The fourth-order valence-corrected chi connectivity index (χ4v) is 5.70. The average molecular weight is 541 g/mol. The van der Waals surface area contributed by atoms with E-state index < -0.39 is 44.4 Å². The van der Waals surface area contributed by atoms with Gasteiger partial charge in [0.2, 0.25) is 10.0 Å². The predicted molar refractivity (Wildman–Crippen MR) is 127 cm³/mol. The number of rotatable bonds is 8. The third kappa shape index (κ3) is 6.53. The standard InChI is InChI=1S/C26H25F5N2O3S/c27-22-9-10-23(28)24(18-22)37(34,35)33-13-11-32(12-14-33)15-16-36-25(19-5-2-1-3-6-19)20-7-4-8-21(17-20)26(29,30)31/h1-10,17-18,25H,11-16H2/t25-/m0/s1. The van der Waals surface area contributed by atoms with Crippen LogP contribution < -0.4 is 0 Å². The minimum absolute atomic E-state index is 0.0774. The summed E-state index contributed by atoms with van der Waals surface area (Å²) in [6, 6.07) is 16.2. The van der Waals surface area contributed by atoms with Crippen molar-refractivity contribution in [1.82, 2.24) is 9.21 Å². The Hall–Kier alpha value is -2.86. The smallest absolute Gasteiger partial charge is 0.367 e. The van der Waals surface area contributed by atoms with Crippen molar-refractivity contribution in [1.29, 1.82) is 0 Å². The van der Waals surface area contributed by atoms with E-state index in [-0.39, 0.29) is 19.7 Å².